The number of phenolic OH excluding ortho intramolecular Hbond substituents is 2. The Morgan fingerprint density at radius 2 is 1.08 bits per heavy atom. The Morgan fingerprint density at radius 1 is 0.636 bits per heavy atom. The van der Waals surface area contributed by atoms with E-state index in [1.807, 2.05) is 31.2 Å². The summed E-state index contributed by atoms with van der Waals surface area (Å²) in [7, 11) is 2.45. The molecule has 0 aliphatic carbocycles. The summed E-state index contributed by atoms with van der Waals surface area (Å²) in [6, 6.07) is 15.8. The Labute approximate surface area is 387 Å². The molecule has 20 heteroatoms. The van der Waals surface area contributed by atoms with Gasteiger partial charge in [0.25, 0.3) is 17.7 Å². The number of aryl methyl sites for hydroxylation is 7. The van der Waals surface area contributed by atoms with Crippen molar-refractivity contribution >= 4 is 52.9 Å². The van der Waals surface area contributed by atoms with Crippen molar-refractivity contribution in [1.82, 2.24) is 35.9 Å². The SMILES string of the molecule is COC(=O)[C@H](CN)NC(=O)c1c(C)nc(NCCCc2cccc(O)c2)nc1C.COC(=O)[C@H](CNC(=O)c1ccc(C)s1)NC(=O)c1c(C)nc(NCCCc2cccc(O)c2)nc1C. The molecule has 0 aliphatic rings. The first kappa shape index (κ1) is 51.4. The number of esters is 2. The van der Waals surface area contributed by atoms with Gasteiger partial charge in [0, 0.05) is 31.1 Å². The maximum absolute atomic E-state index is 13.0. The number of phenols is 2. The van der Waals surface area contributed by atoms with E-state index in [-0.39, 0.29) is 36.1 Å². The number of ether oxygens (including phenoxy) is 2. The summed E-state index contributed by atoms with van der Waals surface area (Å²) < 4.78 is 9.43. The first-order valence-electron chi connectivity index (χ1n) is 21.1. The zero-order valence-corrected chi connectivity index (χ0v) is 38.9. The Balaban J connectivity index is 0.000000297. The number of aromatic hydroxyl groups is 2. The third kappa shape index (κ3) is 15.5. The molecule has 3 aromatic heterocycles. The number of nitrogens with zero attached hydrogens (tertiary/aromatic N) is 4. The van der Waals surface area contributed by atoms with Crippen molar-refractivity contribution in [3.63, 3.8) is 0 Å². The molecule has 0 radical (unpaired) electrons. The maximum Gasteiger partial charge on any atom is 0.330 e. The average Bonchev–Trinajstić information content (AvgIpc) is 3.72. The summed E-state index contributed by atoms with van der Waals surface area (Å²) >= 11 is 1.34. The van der Waals surface area contributed by atoms with Gasteiger partial charge in [-0.15, -0.1) is 11.3 Å². The Bertz CT molecular complexity index is 2430. The number of methoxy groups -OCH3 is 2. The average molecular weight is 927 g/mol. The first-order valence-corrected chi connectivity index (χ1v) is 21.9. The quantitative estimate of drug-likeness (QED) is 0.0405. The minimum Gasteiger partial charge on any atom is -0.508 e. The van der Waals surface area contributed by atoms with Gasteiger partial charge in [0.05, 0.1) is 53.0 Å². The van der Waals surface area contributed by atoms with Crippen LogP contribution in [0.25, 0.3) is 0 Å². The fraction of sp³-hybridized carbons (Fsp3) is 0.370. The topological polar surface area (TPSA) is 282 Å². The highest BCUT2D eigenvalue weighted by molar-refractivity contribution is 7.13. The number of benzene rings is 2. The molecular formula is C46H58N10O9S. The summed E-state index contributed by atoms with van der Waals surface area (Å²) in [4.78, 5) is 80.8. The summed E-state index contributed by atoms with van der Waals surface area (Å²) in [5.74, 6) is -1.33. The molecule has 66 heavy (non-hydrogen) atoms. The molecule has 0 unspecified atom stereocenters. The van der Waals surface area contributed by atoms with E-state index >= 15 is 0 Å². The lowest BCUT2D eigenvalue weighted by Crippen LogP contribution is -2.49. The zero-order chi connectivity index (χ0) is 48.3. The number of hydrogen-bond donors (Lipinski definition) is 8. The van der Waals surface area contributed by atoms with Crippen LogP contribution in [-0.4, -0.2) is 112 Å². The van der Waals surface area contributed by atoms with Crippen molar-refractivity contribution in [3.8, 4) is 11.5 Å². The molecule has 0 saturated carbocycles. The van der Waals surface area contributed by atoms with Gasteiger partial charge in [0.1, 0.15) is 23.6 Å². The number of aromatic nitrogens is 4. The summed E-state index contributed by atoms with van der Waals surface area (Å²) in [5.41, 5.74) is 10.0. The standard InChI is InChI=1S/C26H31N5O5S.C20H27N5O4/c1-15-10-11-21(37-15)23(33)28-14-20(25(35)36-4)31-24(34)22-16(2)29-26(30-17(22)3)27-12-6-8-18-7-5-9-19(32)13-18;1-12-17(18(27)25-16(11-21)19(28)29-3)13(2)24-20(23-12)22-9-5-7-14-6-4-8-15(26)10-14/h5,7,9-11,13,20,32H,6,8,12,14H2,1-4H3,(H,28,33)(H,31,34)(H,27,29,30);4,6,8,10,16,26H,5,7,9,11,21H2,1-3H3,(H,25,27)(H,22,23,24)/t20-;16-/m00/s1. The molecule has 5 aromatic rings. The molecule has 19 nitrogen and oxygen atoms in total. The number of carbonyl (C=O) groups excluding carboxylic acids is 5. The highest BCUT2D eigenvalue weighted by Crippen LogP contribution is 2.18. The number of carbonyl (C=O) groups is 5. The number of rotatable bonds is 20. The highest BCUT2D eigenvalue weighted by Gasteiger charge is 2.27. The monoisotopic (exact) mass is 926 g/mol. The van der Waals surface area contributed by atoms with E-state index in [0.29, 0.717) is 58.2 Å². The summed E-state index contributed by atoms with van der Waals surface area (Å²) in [5, 5.41) is 33.2. The molecule has 3 amide bonds. The van der Waals surface area contributed by atoms with Crippen LogP contribution in [0.4, 0.5) is 11.9 Å². The number of amides is 3. The molecular weight excluding hydrogens is 869 g/mol. The van der Waals surface area contributed by atoms with Gasteiger partial charge in [-0.1, -0.05) is 24.3 Å². The van der Waals surface area contributed by atoms with Gasteiger partial charge >= 0.3 is 11.9 Å². The summed E-state index contributed by atoms with van der Waals surface area (Å²) in [6.45, 7) is 9.72. The Kier molecular flexibility index (Phi) is 19.8. The van der Waals surface area contributed by atoms with Crippen molar-refractivity contribution in [1.29, 1.82) is 0 Å². The minimum absolute atomic E-state index is 0.0732. The number of anilines is 2. The Morgan fingerprint density at radius 3 is 1.47 bits per heavy atom. The number of thiophene rings is 1. The molecule has 9 N–H and O–H groups in total. The van der Waals surface area contributed by atoms with E-state index in [2.05, 4.69) is 51.3 Å². The van der Waals surface area contributed by atoms with E-state index in [9.17, 15) is 34.2 Å². The summed E-state index contributed by atoms with van der Waals surface area (Å²) in [6.07, 6.45) is 3.19. The van der Waals surface area contributed by atoms with Crippen LogP contribution >= 0.6 is 11.3 Å². The van der Waals surface area contributed by atoms with Crippen LogP contribution in [0.5, 0.6) is 11.5 Å². The van der Waals surface area contributed by atoms with Gasteiger partial charge in [-0.3, -0.25) is 14.4 Å². The number of hydrogen-bond acceptors (Lipinski definition) is 17. The molecule has 0 aliphatic heterocycles. The van der Waals surface area contributed by atoms with Crippen LogP contribution in [-0.2, 0) is 31.9 Å². The second kappa shape index (κ2) is 25.3. The Hall–Kier alpha value is -7.19. The number of nitrogens with two attached hydrogens (primary N) is 1. The van der Waals surface area contributed by atoms with Gasteiger partial charge < -0.3 is 52.0 Å². The first-order chi connectivity index (χ1) is 31.5. The zero-order valence-electron chi connectivity index (χ0n) is 38.1. The molecule has 0 bridgehead atoms. The largest absolute Gasteiger partial charge is 0.508 e. The van der Waals surface area contributed by atoms with Gasteiger partial charge in [-0.05, 0) is 108 Å². The van der Waals surface area contributed by atoms with E-state index in [1.165, 1.54) is 25.6 Å². The van der Waals surface area contributed by atoms with Crippen molar-refractivity contribution in [2.24, 2.45) is 5.73 Å². The van der Waals surface area contributed by atoms with Crippen molar-refractivity contribution in [2.75, 3.05) is 51.0 Å². The van der Waals surface area contributed by atoms with E-state index in [4.69, 9.17) is 10.5 Å². The van der Waals surface area contributed by atoms with Crippen LogP contribution in [0.15, 0.2) is 60.7 Å². The van der Waals surface area contributed by atoms with Crippen LogP contribution in [0.2, 0.25) is 0 Å². The van der Waals surface area contributed by atoms with E-state index in [1.54, 1.807) is 64.1 Å². The predicted molar refractivity (Wildman–Crippen MR) is 250 cm³/mol. The lowest BCUT2D eigenvalue weighted by molar-refractivity contribution is -0.143. The minimum atomic E-state index is -1.09. The molecule has 0 saturated heterocycles. The van der Waals surface area contributed by atoms with Crippen LogP contribution in [0.1, 0.15) is 82.0 Å². The van der Waals surface area contributed by atoms with Gasteiger partial charge in [0.2, 0.25) is 11.9 Å². The fourth-order valence-electron chi connectivity index (χ4n) is 6.65. The van der Waals surface area contributed by atoms with Crippen LogP contribution in [0, 0.1) is 34.6 Å². The highest BCUT2D eigenvalue weighted by atomic mass is 32.1. The second-order valence-electron chi connectivity index (χ2n) is 15.0. The third-order valence-electron chi connectivity index (χ3n) is 9.92. The van der Waals surface area contributed by atoms with Gasteiger partial charge in [-0.25, -0.2) is 29.5 Å². The van der Waals surface area contributed by atoms with Crippen molar-refractivity contribution in [2.45, 2.75) is 72.4 Å². The molecule has 3 heterocycles. The third-order valence-corrected chi connectivity index (χ3v) is 10.9. The lowest BCUT2D eigenvalue weighted by atomic mass is 10.1. The molecule has 5 rings (SSSR count). The molecule has 2 atom stereocenters. The van der Waals surface area contributed by atoms with Crippen LogP contribution < -0.4 is 32.3 Å². The van der Waals surface area contributed by atoms with Gasteiger partial charge in [-0.2, -0.15) is 0 Å². The molecule has 0 fully saturated rings. The van der Waals surface area contributed by atoms with Crippen molar-refractivity contribution < 1.29 is 43.7 Å². The normalized spacial score (nSPS) is 11.5. The maximum atomic E-state index is 13.0. The fourth-order valence-corrected chi connectivity index (χ4v) is 7.43. The van der Waals surface area contributed by atoms with E-state index < -0.39 is 35.8 Å². The van der Waals surface area contributed by atoms with Crippen molar-refractivity contribution in [3.05, 3.63) is 115 Å². The van der Waals surface area contributed by atoms with E-state index in [0.717, 1.165) is 41.7 Å². The second-order valence-corrected chi connectivity index (χ2v) is 16.3. The van der Waals surface area contributed by atoms with Gasteiger partial charge in [0.15, 0.2) is 0 Å². The lowest BCUT2D eigenvalue weighted by Gasteiger charge is -2.18. The van der Waals surface area contributed by atoms with Crippen LogP contribution in [0.3, 0.4) is 0 Å². The predicted octanol–water partition coefficient (Wildman–Crippen LogP) is 3.99. The molecule has 0 spiro atoms. The molecule has 352 valence electrons. The molecule has 2 aromatic carbocycles. The number of nitrogens with one attached hydrogen (secondary N) is 5. The smallest absolute Gasteiger partial charge is 0.330 e.